The smallest absolute Gasteiger partial charge is 0.243 e. The van der Waals surface area contributed by atoms with Crippen molar-refractivity contribution in [2.24, 2.45) is 0 Å². The lowest BCUT2D eigenvalue weighted by Gasteiger charge is -2.09. The number of ether oxygens (including phenoxy) is 1. The Hall–Kier alpha value is -1.68. The second-order valence-electron chi connectivity index (χ2n) is 3.80. The molecule has 2 aromatic rings. The number of rotatable bonds is 3. The Labute approximate surface area is 105 Å². The molecule has 4 nitrogen and oxygen atoms in total. The van der Waals surface area contributed by atoms with Crippen LogP contribution >= 0.6 is 11.6 Å². The lowest BCUT2D eigenvalue weighted by Crippen LogP contribution is -2.05. The van der Waals surface area contributed by atoms with Crippen LogP contribution in [-0.4, -0.2) is 21.3 Å². The molecule has 0 unspecified atom stereocenters. The van der Waals surface area contributed by atoms with Crippen LogP contribution in [0, 0.1) is 0 Å². The van der Waals surface area contributed by atoms with Gasteiger partial charge in [0.05, 0.1) is 18.0 Å². The predicted octanol–water partition coefficient (Wildman–Crippen LogP) is 2.98. The fourth-order valence-corrected chi connectivity index (χ4v) is 1.53. The van der Waals surface area contributed by atoms with E-state index in [0.717, 1.165) is 11.3 Å². The van der Waals surface area contributed by atoms with E-state index in [9.17, 15) is 0 Å². The lowest BCUT2D eigenvalue weighted by atomic mass is 10.1. The van der Waals surface area contributed by atoms with E-state index in [1.54, 1.807) is 6.20 Å². The molecule has 0 aliphatic heterocycles. The van der Waals surface area contributed by atoms with Crippen molar-refractivity contribution in [3.05, 3.63) is 35.7 Å². The van der Waals surface area contributed by atoms with Gasteiger partial charge in [0.15, 0.2) is 0 Å². The fraction of sp³-hybridized carbons (Fsp3) is 0.250. The summed E-state index contributed by atoms with van der Waals surface area (Å²) in [5.74, 6) is 0.830. The second kappa shape index (κ2) is 5.10. The Kier molecular flexibility index (Phi) is 3.54. The van der Waals surface area contributed by atoms with Crippen LogP contribution in [0.5, 0.6) is 5.75 Å². The number of hydrogen-bond acceptors (Lipinski definition) is 4. The molecule has 0 amide bonds. The maximum atomic E-state index is 5.69. The van der Waals surface area contributed by atoms with Crippen molar-refractivity contribution < 1.29 is 4.74 Å². The van der Waals surface area contributed by atoms with Crippen LogP contribution in [0.3, 0.4) is 0 Å². The Morgan fingerprint density at radius 2 is 1.88 bits per heavy atom. The summed E-state index contributed by atoms with van der Waals surface area (Å²) in [6, 6.07) is 7.62. The number of nitrogens with zero attached hydrogens (tertiary/aromatic N) is 3. The van der Waals surface area contributed by atoms with Crippen molar-refractivity contribution in [2.45, 2.75) is 20.0 Å². The predicted molar refractivity (Wildman–Crippen MR) is 66.0 cm³/mol. The fourth-order valence-electron chi connectivity index (χ4n) is 1.40. The van der Waals surface area contributed by atoms with E-state index in [1.165, 1.54) is 0 Å². The Balaban J connectivity index is 2.23. The Bertz CT molecular complexity index is 499. The van der Waals surface area contributed by atoms with Crippen LogP contribution < -0.4 is 4.74 Å². The molecule has 17 heavy (non-hydrogen) atoms. The Morgan fingerprint density at radius 3 is 2.47 bits per heavy atom. The van der Waals surface area contributed by atoms with Gasteiger partial charge in [0.1, 0.15) is 5.75 Å². The minimum Gasteiger partial charge on any atom is -0.491 e. The van der Waals surface area contributed by atoms with Gasteiger partial charge in [0.2, 0.25) is 5.28 Å². The molecule has 1 aromatic carbocycles. The van der Waals surface area contributed by atoms with Crippen LogP contribution in [-0.2, 0) is 0 Å². The summed E-state index contributed by atoms with van der Waals surface area (Å²) in [4.78, 5) is 4.09. The summed E-state index contributed by atoms with van der Waals surface area (Å²) < 4.78 is 5.55. The van der Waals surface area contributed by atoms with Crippen LogP contribution in [0.1, 0.15) is 13.8 Å². The summed E-state index contributed by atoms with van der Waals surface area (Å²) >= 11 is 5.69. The van der Waals surface area contributed by atoms with Gasteiger partial charge >= 0.3 is 0 Å². The monoisotopic (exact) mass is 249 g/mol. The van der Waals surface area contributed by atoms with E-state index < -0.39 is 0 Å². The van der Waals surface area contributed by atoms with Crippen molar-refractivity contribution >= 4 is 11.6 Å². The molecule has 1 heterocycles. The van der Waals surface area contributed by atoms with E-state index in [-0.39, 0.29) is 11.4 Å². The van der Waals surface area contributed by atoms with E-state index in [0.29, 0.717) is 5.69 Å². The molecule has 0 fully saturated rings. The number of benzene rings is 1. The summed E-state index contributed by atoms with van der Waals surface area (Å²) in [6.45, 7) is 3.98. The molecule has 5 heteroatoms. The molecule has 0 bridgehead atoms. The zero-order chi connectivity index (χ0) is 12.3. The van der Waals surface area contributed by atoms with Crippen LogP contribution in [0.15, 0.2) is 30.5 Å². The lowest BCUT2D eigenvalue weighted by molar-refractivity contribution is 0.242. The molecule has 0 spiro atoms. The maximum Gasteiger partial charge on any atom is 0.243 e. The van der Waals surface area contributed by atoms with Gasteiger partial charge in [0.25, 0.3) is 0 Å². The molecule has 0 saturated carbocycles. The van der Waals surface area contributed by atoms with Crippen LogP contribution in [0.4, 0.5) is 0 Å². The average Bonchev–Trinajstić information content (AvgIpc) is 2.29. The molecule has 0 aliphatic rings. The third-order valence-corrected chi connectivity index (χ3v) is 2.21. The quantitative estimate of drug-likeness (QED) is 0.839. The SMILES string of the molecule is CC(C)Oc1ccc(-c2cnnc(Cl)n2)cc1. The standard InChI is InChI=1S/C12H12ClN3O/c1-8(2)17-10-5-3-9(4-6-10)11-7-14-16-12(13)15-11/h3-8H,1-2H3. The van der Waals surface area contributed by atoms with Gasteiger partial charge in [-0.3, -0.25) is 0 Å². The summed E-state index contributed by atoms with van der Waals surface area (Å²) in [5, 5.41) is 7.50. The third kappa shape index (κ3) is 3.14. The molecule has 0 N–H and O–H groups in total. The first-order chi connectivity index (χ1) is 8.15. The highest BCUT2D eigenvalue weighted by atomic mass is 35.5. The van der Waals surface area contributed by atoms with E-state index in [4.69, 9.17) is 16.3 Å². The highest BCUT2D eigenvalue weighted by Crippen LogP contribution is 2.21. The first-order valence-corrected chi connectivity index (χ1v) is 5.65. The van der Waals surface area contributed by atoms with Gasteiger partial charge in [-0.25, -0.2) is 4.98 Å². The second-order valence-corrected chi connectivity index (χ2v) is 4.14. The van der Waals surface area contributed by atoms with Crippen molar-refractivity contribution in [2.75, 3.05) is 0 Å². The van der Waals surface area contributed by atoms with Gasteiger partial charge in [-0.05, 0) is 49.7 Å². The minimum atomic E-state index is 0.144. The summed E-state index contributed by atoms with van der Waals surface area (Å²) in [7, 11) is 0. The zero-order valence-corrected chi connectivity index (χ0v) is 10.3. The number of halogens is 1. The molecule has 0 aliphatic carbocycles. The van der Waals surface area contributed by atoms with Crippen LogP contribution in [0.25, 0.3) is 11.3 Å². The molecule has 2 rings (SSSR count). The molecule has 1 aromatic heterocycles. The van der Waals surface area contributed by atoms with Crippen molar-refractivity contribution in [3.8, 4) is 17.0 Å². The van der Waals surface area contributed by atoms with E-state index in [1.807, 2.05) is 38.1 Å². The topological polar surface area (TPSA) is 47.9 Å². The minimum absolute atomic E-state index is 0.144. The Morgan fingerprint density at radius 1 is 1.18 bits per heavy atom. The first kappa shape index (κ1) is 11.8. The van der Waals surface area contributed by atoms with Crippen molar-refractivity contribution in [3.63, 3.8) is 0 Å². The van der Waals surface area contributed by atoms with Crippen molar-refractivity contribution in [1.29, 1.82) is 0 Å². The van der Waals surface area contributed by atoms with Crippen molar-refractivity contribution in [1.82, 2.24) is 15.2 Å². The molecular formula is C12H12ClN3O. The van der Waals surface area contributed by atoms with E-state index >= 15 is 0 Å². The summed E-state index contributed by atoms with van der Waals surface area (Å²) in [5.41, 5.74) is 1.62. The number of hydrogen-bond donors (Lipinski definition) is 0. The molecule has 88 valence electrons. The van der Waals surface area contributed by atoms with Gasteiger partial charge in [-0.15, -0.1) is 5.10 Å². The largest absolute Gasteiger partial charge is 0.491 e. The van der Waals surface area contributed by atoms with Gasteiger partial charge in [0, 0.05) is 5.56 Å². The first-order valence-electron chi connectivity index (χ1n) is 5.27. The zero-order valence-electron chi connectivity index (χ0n) is 9.59. The molecule has 0 atom stereocenters. The van der Waals surface area contributed by atoms with Crippen LogP contribution in [0.2, 0.25) is 5.28 Å². The summed E-state index contributed by atoms with van der Waals surface area (Å²) in [6.07, 6.45) is 1.74. The van der Waals surface area contributed by atoms with E-state index in [2.05, 4.69) is 15.2 Å². The maximum absolute atomic E-state index is 5.69. The average molecular weight is 250 g/mol. The third-order valence-electron chi connectivity index (χ3n) is 2.05. The molecular weight excluding hydrogens is 238 g/mol. The molecule has 0 radical (unpaired) electrons. The van der Waals surface area contributed by atoms with Gasteiger partial charge in [-0.1, -0.05) is 0 Å². The van der Waals surface area contributed by atoms with Gasteiger partial charge in [-0.2, -0.15) is 5.10 Å². The highest BCUT2D eigenvalue weighted by Gasteiger charge is 2.03. The number of aromatic nitrogens is 3. The highest BCUT2D eigenvalue weighted by molar-refractivity contribution is 6.28. The normalized spacial score (nSPS) is 10.6. The molecule has 0 saturated heterocycles. The van der Waals surface area contributed by atoms with Gasteiger partial charge < -0.3 is 4.74 Å².